The Balaban J connectivity index is 1.99. The van der Waals surface area contributed by atoms with Crippen LogP contribution in [0.5, 0.6) is 0 Å². The molecule has 2 N–H and O–H groups in total. The summed E-state index contributed by atoms with van der Waals surface area (Å²) in [5.74, 6) is 0.356. The molecule has 2 rings (SSSR count). The van der Waals surface area contributed by atoms with Crippen LogP contribution < -0.4 is 5.73 Å². The van der Waals surface area contributed by atoms with Crippen molar-refractivity contribution >= 4 is 5.91 Å². The quantitative estimate of drug-likeness (QED) is 0.715. The normalized spacial score (nSPS) is 34.6. The average molecular weight is 196 g/mol. The lowest BCUT2D eigenvalue weighted by molar-refractivity contribution is -0.135. The average Bonchev–Trinajstić information content (AvgIpc) is 2.79. The number of carbonyl (C=O) groups is 1. The van der Waals surface area contributed by atoms with Gasteiger partial charge in [0.25, 0.3) is 0 Å². The van der Waals surface area contributed by atoms with E-state index in [4.69, 9.17) is 5.73 Å². The van der Waals surface area contributed by atoms with Crippen LogP contribution in [0.4, 0.5) is 0 Å². The first-order valence-corrected chi connectivity index (χ1v) is 5.49. The zero-order valence-electron chi connectivity index (χ0n) is 9.18. The Kier molecular flexibility index (Phi) is 2.11. The molecule has 1 atom stereocenters. The molecular formula is C11H20N2O. The molecule has 2 fully saturated rings. The summed E-state index contributed by atoms with van der Waals surface area (Å²) in [6, 6.07) is 0. The van der Waals surface area contributed by atoms with E-state index in [0.717, 1.165) is 32.4 Å². The number of nitrogens with zero attached hydrogens (tertiary/aromatic N) is 1. The van der Waals surface area contributed by atoms with Gasteiger partial charge in [-0.05, 0) is 31.2 Å². The van der Waals surface area contributed by atoms with Crippen molar-refractivity contribution in [3.63, 3.8) is 0 Å². The van der Waals surface area contributed by atoms with E-state index < -0.39 is 0 Å². The van der Waals surface area contributed by atoms with Crippen molar-refractivity contribution in [1.82, 2.24) is 4.90 Å². The lowest BCUT2D eigenvalue weighted by Gasteiger charge is -2.24. The summed E-state index contributed by atoms with van der Waals surface area (Å²) >= 11 is 0. The van der Waals surface area contributed by atoms with E-state index in [9.17, 15) is 4.79 Å². The van der Waals surface area contributed by atoms with Crippen LogP contribution in [-0.2, 0) is 4.79 Å². The Morgan fingerprint density at radius 3 is 2.43 bits per heavy atom. The Labute approximate surface area is 85.6 Å². The monoisotopic (exact) mass is 196 g/mol. The van der Waals surface area contributed by atoms with E-state index in [0.29, 0.717) is 12.5 Å². The number of rotatable bonds is 2. The van der Waals surface area contributed by atoms with Gasteiger partial charge in [-0.25, -0.2) is 0 Å². The van der Waals surface area contributed by atoms with Gasteiger partial charge in [-0.3, -0.25) is 4.79 Å². The van der Waals surface area contributed by atoms with E-state index in [1.54, 1.807) is 0 Å². The van der Waals surface area contributed by atoms with Gasteiger partial charge < -0.3 is 10.6 Å². The first-order valence-electron chi connectivity index (χ1n) is 5.49. The summed E-state index contributed by atoms with van der Waals surface area (Å²) < 4.78 is 0. The molecule has 1 unspecified atom stereocenters. The van der Waals surface area contributed by atoms with Gasteiger partial charge in [0.05, 0.1) is 0 Å². The number of hydrogen-bond donors (Lipinski definition) is 1. The SMILES string of the molecule is CC1(CN)CCN(C(=O)C2(C)CC2)C1. The smallest absolute Gasteiger partial charge is 0.228 e. The van der Waals surface area contributed by atoms with Gasteiger partial charge in [-0.15, -0.1) is 0 Å². The van der Waals surface area contributed by atoms with E-state index in [1.165, 1.54) is 0 Å². The molecule has 1 heterocycles. The molecule has 0 radical (unpaired) electrons. The highest BCUT2D eigenvalue weighted by molar-refractivity contribution is 5.85. The summed E-state index contributed by atoms with van der Waals surface area (Å²) in [6.45, 7) is 6.70. The van der Waals surface area contributed by atoms with Crippen LogP contribution in [0.3, 0.4) is 0 Å². The Morgan fingerprint density at radius 1 is 1.36 bits per heavy atom. The number of carbonyl (C=O) groups excluding carboxylic acids is 1. The molecule has 80 valence electrons. The minimum atomic E-state index is -0.0140. The number of hydrogen-bond acceptors (Lipinski definition) is 2. The number of nitrogens with two attached hydrogens (primary N) is 1. The van der Waals surface area contributed by atoms with Gasteiger partial charge in [0.1, 0.15) is 0 Å². The zero-order valence-corrected chi connectivity index (χ0v) is 9.18. The number of amides is 1. The Morgan fingerprint density at radius 2 is 2.00 bits per heavy atom. The summed E-state index contributed by atoms with van der Waals surface area (Å²) in [6.07, 6.45) is 3.20. The molecule has 1 saturated heterocycles. The third kappa shape index (κ3) is 1.54. The molecule has 1 amide bonds. The fourth-order valence-corrected chi connectivity index (χ4v) is 2.15. The van der Waals surface area contributed by atoms with Crippen molar-refractivity contribution in [2.45, 2.75) is 33.1 Å². The van der Waals surface area contributed by atoms with Gasteiger partial charge in [0, 0.05) is 18.5 Å². The molecular weight excluding hydrogens is 176 g/mol. The van der Waals surface area contributed by atoms with Crippen LogP contribution >= 0.6 is 0 Å². The molecule has 1 saturated carbocycles. The Bertz CT molecular complexity index is 260. The van der Waals surface area contributed by atoms with Crippen LogP contribution in [-0.4, -0.2) is 30.4 Å². The van der Waals surface area contributed by atoms with E-state index >= 15 is 0 Å². The molecule has 0 bridgehead atoms. The molecule has 2 aliphatic rings. The lowest BCUT2D eigenvalue weighted by atomic mass is 9.90. The maximum absolute atomic E-state index is 12.0. The summed E-state index contributed by atoms with van der Waals surface area (Å²) in [4.78, 5) is 14.0. The maximum Gasteiger partial charge on any atom is 0.228 e. The van der Waals surface area contributed by atoms with Crippen LogP contribution in [0, 0.1) is 10.8 Å². The molecule has 1 aliphatic carbocycles. The molecule has 0 aromatic heterocycles. The fourth-order valence-electron chi connectivity index (χ4n) is 2.15. The first-order chi connectivity index (χ1) is 6.49. The maximum atomic E-state index is 12.0. The minimum absolute atomic E-state index is 0.0140. The second kappa shape index (κ2) is 2.96. The van der Waals surface area contributed by atoms with Gasteiger partial charge in [0.15, 0.2) is 0 Å². The molecule has 0 aromatic rings. The number of likely N-dealkylation sites (tertiary alicyclic amines) is 1. The first kappa shape index (κ1) is 9.97. The van der Waals surface area contributed by atoms with E-state index in [-0.39, 0.29) is 10.8 Å². The highest BCUT2D eigenvalue weighted by Crippen LogP contribution is 2.47. The second-order valence-corrected chi connectivity index (χ2v) is 5.55. The van der Waals surface area contributed by atoms with Crippen molar-refractivity contribution in [3.05, 3.63) is 0 Å². The predicted octanol–water partition coefficient (Wildman–Crippen LogP) is 0.984. The largest absolute Gasteiger partial charge is 0.342 e. The summed E-state index contributed by atoms with van der Waals surface area (Å²) in [5, 5.41) is 0. The molecule has 0 aromatic carbocycles. The molecule has 3 heteroatoms. The van der Waals surface area contributed by atoms with Crippen LogP contribution in [0.1, 0.15) is 33.1 Å². The van der Waals surface area contributed by atoms with Crippen molar-refractivity contribution < 1.29 is 4.79 Å². The highest BCUT2D eigenvalue weighted by atomic mass is 16.2. The standard InChI is InChI=1S/C11H20N2O/c1-10(7-12)5-6-13(8-10)9(14)11(2)3-4-11/h3-8,12H2,1-2H3. The van der Waals surface area contributed by atoms with Crippen molar-refractivity contribution in [1.29, 1.82) is 0 Å². The summed E-state index contributed by atoms with van der Waals surface area (Å²) in [5.41, 5.74) is 5.87. The molecule has 0 spiro atoms. The van der Waals surface area contributed by atoms with Gasteiger partial charge in [0.2, 0.25) is 5.91 Å². The predicted molar refractivity (Wildman–Crippen MR) is 55.7 cm³/mol. The van der Waals surface area contributed by atoms with E-state index in [2.05, 4.69) is 13.8 Å². The second-order valence-electron chi connectivity index (χ2n) is 5.55. The zero-order chi connectivity index (χ0) is 10.4. The van der Waals surface area contributed by atoms with E-state index in [1.807, 2.05) is 4.90 Å². The third-order valence-electron chi connectivity index (χ3n) is 3.85. The summed E-state index contributed by atoms with van der Waals surface area (Å²) in [7, 11) is 0. The highest BCUT2D eigenvalue weighted by Gasteiger charge is 2.49. The van der Waals surface area contributed by atoms with Crippen LogP contribution in [0.25, 0.3) is 0 Å². The van der Waals surface area contributed by atoms with Gasteiger partial charge in [-0.2, -0.15) is 0 Å². The molecule has 1 aliphatic heterocycles. The van der Waals surface area contributed by atoms with Crippen LogP contribution in [0.15, 0.2) is 0 Å². The Hall–Kier alpha value is -0.570. The third-order valence-corrected chi connectivity index (χ3v) is 3.85. The van der Waals surface area contributed by atoms with Gasteiger partial charge >= 0.3 is 0 Å². The van der Waals surface area contributed by atoms with Crippen LogP contribution in [0.2, 0.25) is 0 Å². The van der Waals surface area contributed by atoms with Gasteiger partial charge in [-0.1, -0.05) is 13.8 Å². The molecule has 3 nitrogen and oxygen atoms in total. The van der Waals surface area contributed by atoms with Crippen molar-refractivity contribution in [3.8, 4) is 0 Å². The lowest BCUT2D eigenvalue weighted by Crippen LogP contribution is -2.37. The van der Waals surface area contributed by atoms with Crippen molar-refractivity contribution in [2.24, 2.45) is 16.6 Å². The van der Waals surface area contributed by atoms with Crippen molar-refractivity contribution in [2.75, 3.05) is 19.6 Å². The fraction of sp³-hybridized carbons (Fsp3) is 0.909. The topological polar surface area (TPSA) is 46.3 Å². The molecule has 14 heavy (non-hydrogen) atoms. The minimum Gasteiger partial charge on any atom is -0.342 e.